The van der Waals surface area contributed by atoms with E-state index in [1.807, 2.05) is 45.9 Å². The molecule has 1 aromatic rings. The van der Waals surface area contributed by atoms with Gasteiger partial charge in [-0.15, -0.1) is 0 Å². The maximum absolute atomic E-state index is 13.8. The van der Waals surface area contributed by atoms with E-state index >= 15 is 0 Å². The molecule has 12 heteroatoms. The number of ether oxygens (including phenoxy) is 5. The average Bonchev–Trinajstić information content (AvgIpc) is 3.61. The van der Waals surface area contributed by atoms with Crippen LogP contribution in [0.4, 0.5) is 10.5 Å². The number of carbonyl (C=O) groups excluding carboxylic acids is 2. The van der Waals surface area contributed by atoms with Crippen molar-refractivity contribution in [3.05, 3.63) is 46.5 Å². The fourth-order valence-electron chi connectivity index (χ4n) is 5.71. The molecule has 0 aromatic heterocycles. The molecule has 238 valence electrons. The number of nitrogens with zero attached hydrogens (tertiary/aromatic N) is 1. The topological polar surface area (TPSA) is 139 Å². The van der Waals surface area contributed by atoms with Crippen molar-refractivity contribution < 1.29 is 43.5 Å². The van der Waals surface area contributed by atoms with Gasteiger partial charge in [0.25, 0.3) is 0 Å². The van der Waals surface area contributed by atoms with E-state index in [1.54, 1.807) is 26.1 Å². The number of epoxide rings is 1. The molecule has 2 saturated heterocycles. The molecule has 0 saturated carbocycles. The number of fused-ring (bicyclic) bond motifs is 5. The summed E-state index contributed by atoms with van der Waals surface area (Å²) in [5.41, 5.74) is -1.35. The Kier molecular flexibility index (Phi) is 9.56. The van der Waals surface area contributed by atoms with Crippen LogP contribution in [0.5, 0.6) is 5.75 Å². The van der Waals surface area contributed by atoms with Crippen LogP contribution in [0, 0.1) is 0 Å². The normalized spacial score (nSPS) is 35.7. The third-order valence-corrected chi connectivity index (χ3v) is 8.45. The Hall–Kier alpha value is -2.67. The van der Waals surface area contributed by atoms with Crippen LogP contribution < -0.4 is 15.0 Å². The predicted molar refractivity (Wildman–Crippen MR) is 160 cm³/mol. The van der Waals surface area contributed by atoms with Gasteiger partial charge in [-0.1, -0.05) is 35.4 Å². The predicted octanol–water partition coefficient (Wildman–Crippen LogP) is 3.66. The Morgan fingerprint density at radius 1 is 1.21 bits per heavy atom. The number of methoxy groups -OCH3 is 2. The first-order valence-corrected chi connectivity index (χ1v) is 14.6. The van der Waals surface area contributed by atoms with Gasteiger partial charge in [-0.05, 0) is 58.7 Å². The quantitative estimate of drug-likeness (QED) is 0.431. The summed E-state index contributed by atoms with van der Waals surface area (Å²) in [5.74, 6) is 0.134. The Morgan fingerprint density at radius 2 is 1.91 bits per heavy atom. The highest BCUT2D eigenvalue weighted by atomic mass is 35.5. The van der Waals surface area contributed by atoms with E-state index in [2.05, 4.69) is 5.32 Å². The summed E-state index contributed by atoms with van der Waals surface area (Å²) in [4.78, 5) is 27.8. The lowest BCUT2D eigenvalue weighted by molar-refractivity contribution is -0.153. The van der Waals surface area contributed by atoms with E-state index in [9.17, 15) is 19.8 Å². The van der Waals surface area contributed by atoms with Crippen molar-refractivity contribution in [1.82, 2.24) is 5.32 Å². The van der Waals surface area contributed by atoms with Crippen LogP contribution in [-0.2, 0) is 30.2 Å². The number of allylic oxidation sites excluding steroid dienone is 3. The van der Waals surface area contributed by atoms with Crippen LogP contribution in [0.2, 0.25) is 5.02 Å². The van der Waals surface area contributed by atoms with Gasteiger partial charge in [0.15, 0.2) is 5.72 Å². The first kappa shape index (κ1) is 33.2. The third kappa shape index (κ3) is 7.19. The van der Waals surface area contributed by atoms with Crippen molar-refractivity contribution in [3.63, 3.8) is 0 Å². The number of amides is 2. The Morgan fingerprint density at radius 3 is 2.53 bits per heavy atom. The SMILES string of the molecule is COc1cc2cc(c1Cl)N(C)C(=O)C[C@H](OC(C)(C)C)[C@]1(C)OC1[C@H](O)[C@@H]1C[C@@](O)(NC(=O)O1)[C@H](OC)/C=C/C=C(\C)C2. The Balaban J connectivity index is 1.80. The highest BCUT2D eigenvalue weighted by Crippen LogP contribution is 2.47. The first-order valence-electron chi connectivity index (χ1n) is 14.3. The van der Waals surface area contributed by atoms with E-state index in [0.717, 1.165) is 11.1 Å². The Bertz CT molecular complexity index is 1290. The molecule has 3 N–H and O–H groups in total. The molecule has 7 atom stereocenters. The van der Waals surface area contributed by atoms with Crippen molar-refractivity contribution >= 4 is 29.3 Å². The monoisotopic (exact) mass is 622 g/mol. The lowest BCUT2D eigenvalue weighted by Gasteiger charge is -2.41. The van der Waals surface area contributed by atoms with E-state index in [-0.39, 0.29) is 18.7 Å². The van der Waals surface area contributed by atoms with Gasteiger partial charge in [0.2, 0.25) is 5.91 Å². The molecule has 1 aromatic carbocycles. The fraction of sp³-hybridized carbons (Fsp3) is 0.613. The lowest BCUT2D eigenvalue weighted by atomic mass is 9.88. The number of aliphatic hydroxyl groups excluding tert-OH is 1. The number of anilines is 1. The van der Waals surface area contributed by atoms with E-state index in [0.29, 0.717) is 22.9 Å². The first-order chi connectivity index (χ1) is 20.0. The lowest BCUT2D eigenvalue weighted by Crippen LogP contribution is -2.64. The molecular weight excluding hydrogens is 580 g/mol. The van der Waals surface area contributed by atoms with Crippen LogP contribution in [0.25, 0.3) is 0 Å². The summed E-state index contributed by atoms with van der Waals surface area (Å²) in [6.07, 6.45) is -0.533. The number of nitrogens with one attached hydrogen (secondary N) is 1. The fourth-order valence-corrected chi connectivity index (χ4v) is 6.02. The molecule has 2 fully saturated rings. The number of halogens is 1. The highest BCUT2D eigenvalue weighted by molar-refractivity contribution is 6.35. The Labute approximate surface area is 257 Å². The van der Waals surface area contributed by atoms with Crippen LogP contribution in [-0.4, -0.2) is 90.9 Å². The van der Waals surface area contributed by atoms with Crippen molar-refractivity contribution in [2.75, 3.05) is 26.2 Å². The third-order valence-electron chi connectivity index (χ3n) is 8.07. The van der Waals surface area contributed by atoms with Crippen LogP contribution in [0.15, 0.2) is 35.9 Å². The minimum Gasteiger partial charge on any atom is -0.495 e. The number of rotatable bonds is 3. The minimum absolute atomic E-state index is 0.0963. The zero-order valence-corrected chi connectivity index (χ0v) is 26.7. The molecular formula is C31H43ClN2O9. The minimum atomic E-state index is -1.87. The summed E-state index contributed by atoms with van der Waals surface area (Å²) in [5, 5.41) is 25.6. The highest BCUT2D eigenvalue weighted by Gasteiger charge is 2.65. The van der Waals surface area contributed by atoms with Crippen molar-refractivity contribution in [2.24, 2.45) is 0 Å². The smallest absolute Gasteiger partial charge is 0.409 e. The van der Waals surface area contributed by atoms with Gasteiger partial charge >= 0.3 is 6.09 Å². The molecule has 11 nitrogen and oxygen atoms in total. The van der Waals surface area contributed by atoms with E-state index < -0.39 is 53.5 Å². The number of hydrogen-bond donors (Lipinski definition) is 3. The summed E-state index contributed by atoms with van der Waals surface area (Å²) in [6.45, 7) is 9.26. The zero-order chi connectivity index (χ0) is 31.9. The summed E-state index contributed by atoms with van der Waals surface area (Å²) >= 11 is 6.68. The van der Waals surface area contributed by atoms with Crippen LogP contribution >= 0.6 is 11.6 Å². The zero-order valence-electron chi connectivity index (χ0n) is 26.0. The number of carbonyl (C=O) groups is 2. The van der Waals surface area contributed by atoms with Gasteiger partial charge in [0.05, 0.1) is 30.9 Å². The van der Waals surface area contributed by atoms with Gasteiger partial charge in [0, 0.05) is 20.6 Å². The standard InChI is InChI=1S/C31H43ClN2O9/c1-17-10-9-11-22(40-8)31(38)16-21(41-28(37)33-31)26(36)27-30(5,43-27)23(42-29(2,3)4)15-24(35)34(6)19-13-18(12-17)14-20(39-7)25(19)32/h9-11,13-14,21-23,26-27,36,38H,12,15-16H2,1-8H3,(H,33,37)/b11-9+,17-10+/t21-,22+,23-,26+,27?,30-,31-/m0/s1. The van der Waals surface area contributed by atoms with Gasteiger partial charge < -0.3 is 38.8 Å². The number of alkyl carbamates (subject to hydrolysis) is 1. The number of hydrogen-bond acceptors (Lipinski definition) is 9. The van der Waals surface area contributed by atoms with Crippen molar-refractivity contribution in [3.8, 4) is 5.75 Å². The molecule has 3 aliphatic heterocycles. The van der Waals surface area contributed by atoms with Crippen molar-refractivity contribution in [2.45, 2.75) is 101 Å². The number of benzene rings is 1. The summed E-state index contributed by atoms with van der Waals surface area (Å²) in [7, 11) is 4.57. The van der Waals surface area contributed by atoms with Gasteiger partial charge in [0.1, 0.15) is 40.8 Å². The largest absolute Gasteiger partial charge is 0.495 e. The molecule has 4 rings (SSSR count). The van der Waals surface area contributed by atoms with Gasteiger partial charge in [-0.25, -0.2) is 4.79 Å². The van der Waals surface area contributed by atoms with E-state index in [4.69, 9.17) is 35.3 Å². The molecule has 3 aliphatic rings. The number of aliphatic hydroxyl groups is 2. The summed E-state index contributed by atoms with van der Waals surface area (Å²) in [6, 6.07) is 3.67. The second kappa shape index (κ2) is 12.4. The van der Waals surface area contributed by atoms with Crippen molar-refractivity contribution in [1.29, 1.82) is 0 Å². The summed E-state index contributed by atoms with van der Waals surface area (Å²) < 4.78 is 28.8. The second-order valence-electron chi connectivity index (χ2n) is 12.6. The van der Waals surface area contributed by atoms with Gasteiger partial charge in [-0.2, -0.15) is 0 Å². The van der Waals surface area contributed by atoms with Crippen LogP contribution in [0.1, 0.15) is 53.0 Å². The maximum atomic E-state index is 13.8. The maximum Gasteiger partial charge on any atom is 0.409 e. The molecule has 1 unspecified atom stereocenters. The van der Waals surface area contributed by atoms with Gasteiger partial charge in [-0.3, -0.25) is 10.1 Å². The molecule has 3 heterocycles. The second-order valence-corrected chi connectivity index (χ2v) is 13.0. The molecule has 43 heavy (non-hydrogen) atoms. The molecule has 4 bridgehead atoms. The van der Waals surface area contributed by atoms with E-state index in [1.165, 1.54) is 19.1 Å². The van der Waals surface area contributed by atoms with Crippen LogP contribution in [0.3, 0.4) is 0 Å². The average molecular weight is 623 g/mol. The molecule has 0 spiro atoms. The molecule has 0 radical (unpaired) electrons. The molecule has 0 aliphatic carbocycles. The molecule has 2 amide bonds.